The van der Waals surface area contributed by atoms with Crippen molar-refractivity contribution in [1.82, 2.24) is 0 Å². The number of rotatable bonds is 5. The van der Waals surface area contributed by atoms with Crippen LogP contribution in [0.15, 0.2) is 11.4 Å². The van der Waals surface area contributed by atoms with Crippen LogP contribution < -0.4 is 5.73 Å². The Kier molecular flexibility index (Phi) is 6.17. The third-order valence-electron chi connectivity index (χ3n) is 2.14. The molecule has 0 radical (unpaired) electrons. The van der Waals surface area contributed by atoms with Gasteiger partial charge in [-0.3, -0.25) is 0 Å². The summed E-state index contributed by atoms with van der Waals surface area (Å²) in [5.74, 6) is 6.62. The lowest BCUT2D eigenvalue weighted by Crippen LogP contribution is -1.99. The Morgan fingerprint density at radius 3 is 3.00 bits per heavy atom. The van der Waals surface area contributed by atoms with Crippen LogP contribution in [0.5, 0.6) is 0 Å². The van der Waals surface area contributed by atoms with Crippen molar-refractivity contribution < 1.29 is 4.74 Å². The molecule has 0 aliphatic rings. The average molecular weight is 237 g/mol. The van der Waals surface area contributed by atoms with E-state index in [4.69, 9.17) is 10.5 Å². The van der Waals surface area contributed by atoms with Crippen LogP contribution >= 0.6 is 11.3 Å². The highest BCUT2D eigenvalue weighted by Gasteiger charge is 2.02. The maximum atomic E-state index is 5.62. The van der Waals surface area contributed by atoms with Crippen molar-refractivity contribution in [2.45, 2.75) is 26.9 Å². The van der Waals surface area contributed by atoms with E-state index in [-0.39, 0.29) is 0 Å². The number of nitrogens with two attached hydrogens (primary N) is 1. The van der Waals surface area contributed by atoms with E-state index in [2.05, 4.69) is 25.7 Å². The molecular weight excluding hydrogens is 218 g/mol. The Balaban J connectivity index is 2.39. The predicted octanol–water partition coefficient (Wildman–Crippen LogP) is 2.62. The molecule has 0 fully saturated rings. The third-order valence-corrected chi connectivity index (χ3v) is 3.04. The van der Waals surface area contributed by atoms with Gasteiger partial charge in [-0.15, -0.1) is 11.3 Å². The van der Waals surface area contributed by atoms with E-state index in [1.165, 1.54) is 4.88 Å². The first-order valence-electron chi connectivity index (χ1n) is 5.57. The van der Waals surface area contributed by atoms with Crippen LogP contribution in [0.3, 0.4) is 0 Å². The molecule has 3 heteroatoms. The lowest BCUT2D eigenvalue weighted by molar-refractivity contribution is 0.112. The first-order chi connectivity index (χ1) is 7.74. The summed E-state index contributed by atoms with van der Waals surface area (Å²) in [5.41, 5.74) is 6.40. The van der Waals surface area contributed by atoms with Crippen molar-refractivity contribution in [3.8, 4) is 11.8 Å². The van der Waals surface area contributed by atoms with E-state index < -0.39 is 0 Å². The molecule has 0 spiro atoms. The second kappa shape index (κ2) is 7.45. The van der Waals surface area contributed by atoms with E-state index in [1.807, 2.05) is 11.4 Å². The Hall–Kier alpha value is -0.820. The minimum atomic E-state index is 0.406. The molecule has 1 aromatic heterocycles. The van der Waals surface area contributed by atoms with Crippen LogP contribution in [0.25, 0.3) is 0 Å². The van der Waals surface area contributed by atoms with Gasteiger partial charge in [-0.1, -0.05) is 25.7 Å². The van der Waals surface area contributed by atoms with E-state index in [1.54, 1.807) is 11.3 Å². The van der Waals surface area contributed by atoms with Gasteiger partial charge in [0.1, 0.15) is 0 Å². The van der Waals surface area contributed by atoms with Gasteiger partial charge in [0.05, 0.1) is 13.2 Å². The molecule has 1 heterocycles. The Labute approximate surface area is 102 Å². The number of ether oxygens (including phenoxy) is 1. The largest absolute Gasteiger partial charge is 0.376 e. The van der Waals surface area contributed by atoms with Gasteiger partial charge in [-0.25, -0.2) is 0 Å². The van der Waals surface area contributed by atoms with Gasteiger partial charge < -0.3 is 10.5 Å². The van der Waals surface area contributed by atoms with Crippen LogP contribution in [0.2, 0.25) is 0 Å². The van der Waals surface area contributed by atoms with Crippen LogP contribution in [0.4, 0.5) is 0 Å². The van der Waals surface area contributed by atoms with Crippen LogP contribution in [0.1, 0.15) is 30.7 Å². The Bertz CT molecular complexity index is 359. The minimum Gasteiger partial charge on any atom is -0.376 e. The van der Waals surface area contributed by atoms with Crippen molar-refractivity contribution in [2.75, 3.05) is 13.2 Å². The highest BCUT2D eigenvalue weighted by Crippen LogP contribution is 2.17. The van der Waals surface area contributed by atoms with E-state index in [9.17, 15) is 0 Å². The van der Waals surface area contributed by atoms with Crippen LogP contribution in [-0.4, -0.2) is 13.2 Å². The smallest absolute Gasteiger partial charge is 0.0821 e. The standard InChI is InChI=1S/C13H19NOS/c1-11(2)5-8-15-10-13-12(4-3-7-14)6-9-16-13/h6,9,11H,5,7-8,10,14H2,1-2H3. The second-order valence-electron chi connectivity index (χ2n) is 4.00. The molecule has 0 saturated heterocycles. The molecule has 1 aromatic rings. The molecule has 0 bridgehead atoms. The molecule has 0 aliphatic carbocycles. The Morgan fingerprint density at radius 2 is 2.31 bits per heavy atom. The lowest BCUT2D eigenvalue weighted by atomic mass is 10.1. The summed E-state index contributed by atoms with van der Waals surface area (Å²) in [6, 6.07) is 2.02. The van der Waals surface area contributed by atoms with Crippen LogP contribution in [-0.2, 0) is 11.3 Å². The quantitative estimate of drug-likeness (QED) is 0.631. The fraction of sp³-hybridized carbons (Fsp3) is 0.538. The SMILES string of the molecule is CC(C)CCOCc1sccc1C#CCN. The molecule has 0 amide bonds. The molecule has 0 atom stereocenters. The van der Waals surface area contributed by atoms with Crippen molar-refractivity contribution in [2.24, 2.45) is 11.7 Å². The number of hydrogen-bond donors (Lipinski definition) is 1. The molecule has 0 saturated carbocycles. The summed E-state index contributed by atoms with van der Waals surface area (Å²) < 4.78 is 5.62. The molecule has 1 rings (SSSR count). The Morgan fingerprint density at radius 1 is 1.50 bits per heavy atom. The fourth-order valence-electron chi connectivity index (χ4n) is 1.19. The van der Waals surface area contributed by atoms with Crippen molar-refractivity contribution in [3.05, 3.63) is 21.9 Å². The molecule has 0 unspecified atom stereocenters. The maximum absolute atomic E-state index is 5.62. The highest BCUT2D eigenvalue weighted by atomic mass is 32.1. The summed E-state index contributed by atoms with van der Waals surface area (Å²) in [7, 11) is 0. The van der Waals surface area contributed by atoms with E-state index >= 15 is 0 Å². The lowest BCUT2D eigenvalue weighted by Gasteiger charge is -2.05. The molecular formula is C13H19NOS. The summed E-state index contributed by atoms with van der Waals surface area (Å²) in [6.07, 6.45) is 1.11. The van der Waals surface area contributed by atoms with Gasteiger partial charge in [0.2, 0.25) is 0 Å². The van der Waals surface area contributed by atoms with Crippen molar-refractivity contribution in [1.29, 1.82) is 0 Å². The predicted molar refractivity (Wildman–Crippen MR) is 69.4 cm³/mol. The molecule has 2 nitrogen and oxygen atoms in total. The van der Waals surface area contributed by atoms with Crippen molar-refractivity contribution >= 4 is 11.3 Å². The zero-order valence-electron chi connectivity index (χ0n) is 9.95. The average Bonchev–Trinajstić information content (AvgIpc) is 2.69. The van der Waals surface area contributed by atoms with Crippen LogP contribution in [0, 0.1) is 17.8 Å². The van der Waals surface area contributed by atoms with E-state index in [0.29, 0.717) is 19.1 Å². The zero-order valence-corrected chi connectivity index (χ0v) is 10.8. The second-order valence-corrected chi connectivity index (χ2v) is 5.00. The topological polar surface area (TPSA) is 35.2 Å². The number of thiophene rings is 1. The first kappa shape index (κ1) is 13.2. The first-order valence-corrected chi connectivity index (χ1v) is 6.45. The summed E-state index contributed by atoms with van der Waals surface area (Å²) in [6.45, 7) is 6.29. The highest BCUT2D eigenvalue weighted by molar-refractivity contribution is 7.10. The molecule has 2 N–H and O–H groups in total. The van der Waals surface area contributed by atoms with Gasteiger partial charge in [0.25, 0.3) is 0 Å². The minimum absolute atomic E-state index is 0.406. The summed E-state index contributed by atoms with van der Waals surface area (Å²) in [4.78, 5) is 1.20. The van der Waals surface area contributed by atoms with Gasteiger partial charge in [-0.2, -0.15) is 0 Å². The molecule has 16 heavy (non-hydrogen) atoms. The van der Waals surface area contributed by atoms with Gasteiger partial charge in [0.15, 0.2) is 0 Å². The summed E-state index contributed by atoms with van der Waals surface area (Å²) >= 11 is 1.69. The molecule has 88 valence electrons. The zero-order chi connectivity index (χ0) is 11.8. The van der Waals surface area contributed by atoms with Gasteiger partial charge in [-0.05, 0) is 23.8 Å². The maximum Gasteiger partial charge on any atom is 0.0821 e. The van der Waals surface area contributed by atoms with E-state index in [0.717, 1.165) is 18.6 Å². The van der Waals surface area contributed by atoms with Gasteiger partial charge in [0, 0.05) is 17.0 Å². The number of hydrogen-bond acceptors (Lipinski definition) is 3. The van der Waals surface area contributed by atoms with Gasteiger partial charge >= 0.3 is 0 Å². The normalized spacial score (nSPS) is 10.2. The summed E-state index contributed by atoms with van der Waals surface area (Å²) in [5, 5.41) is 2.04. The fourth-order valence-corrected chi connectivity index (χ4v) is 1.96. The monoisotopic (exact) mass is 237 g/mol. The third kappa shape index (κ3) is 4.80. The molecule has 0 aromatic carbocycles. The van der Waals surface area contributed by atoms with Crippen molar-refractivity contribution in [3.63, 3.8) is 0 Å². The molecule has 0 aliphatic heterocycles.